The van der Waals surface area contributed by atoms with Crippen molar-refractivity contribution in [2.75, 3.05) is 26.2 Å². The van der Waals surface area contributed by atoms with Crippen LogP contribution in [0.15, 0.2) is 35.1 Å². The third kappa shape index (κ3) is 6.35. The molecule has 0 spiro atoms. The highest BCUT2D eigenvalue weighted by Crippen LogP contribution is 2.37. The van der Waals surface area contributed by atoms with Crippen molar-refractivity contribution in [1.82, 2.24) is 19.8 Å². The lowest BCUT2D eigenvalue weighted by Gasteiger charge is -2.35. The fourth-order valence-electron chi connectivity index (χ4n) is 5.89. The largest absolute Gasteiger partial charge is 0.378 e. The Kier molecular flexibility index (Phi) is 9.57. The predicted octanol–water partition coefficient (Wildman–Crippen LogP) is 4.92. The van der Waals surface area contributed by atoms with Crippen molar-refractivity contribution in [3.8, 4) is 5.69 Å². The highest BCUT2D eigenvalue weighted by molar-refractivity contribution is 7.80. The Labute approximate surface area is 231 Å². The molecule has 1 aromatic heterocycles. The lowest BCUT2D eigenvalue weighted by atomic mass is 9.84. The fraction of sp³-hybridized carbons (Fsp3) is 0.633. The molecule has 3 aliphatic rings. The van der Waals surface area contributed by atoms with Crippen molar-refractivity contribution < 1.29 is 9.53 Å². The molecule has 1 unspecified atom stereocenters. The van der Waals surface area contributed by atoms with Crippen LogP contribution in [0.2, 0.25) is 0 Å². The first kappa shape index (κ1) is 27.4. The van der Waals surface area contributed by atoms with Crippen LogP contribution >= 0.6 is 12.6 Å². The Morgan fingerprint density at radius 1 is 1.03 bits per heavy atom. The van der Waals surface area contributed by atoms with E-state index in [1.807, 2.05) is 30.3 Å². The van der Waals surface area contributed by atoms with E-state index in [2.05, 4.69) is 5.32 Å². The Bertz CT molecular complexity index is 1130. The number of ether oxygens (including phenoxy) is 1. The van der Waals surface area contributed by atoms with Crippen LogP contribution in [0.4, 0.5) is 0 Å². The first-order valence-corrected chi connectivity index (χ1v) is 15.2. The van der Waals surface area contributed by atoms with E-state index in [9.17, 15) is 9.59 Å². The van der Waals surface area contributed by atoms with Gasteiger partial charge in [-0.05, 0) is 63.6 Å². The minimum absolute atomic E-state index is 0.0231. The van der Waals surface area contributed by atoms with Crippen molar-refractivity contribution in [2.45, 2.75) is 94.4 Å². The molecule has 2 fully saturated rings. The molecular formula is C30H42N4O3S. The normalized spacial score (nSPS) is 20.2. The van der Waals surface area contributed by atoms with Crippen LogP contribution in [0.25, 0.3) is 5.69 Å². The molecule has 2 saturated carbocycles. The molecule has 1 aromatic carbocycles. The number of hydrogen-bond acceptors (Lipinski definition) is 6. The summed E-state index contributed by atoms with van der Waals surface area (Å²) < 4.78 is 7.76. The zero-order valence-electron chi connectivity index (χ0n) is 22.4. The minimum atomic E-state index is -0.588. The third-order valence-electron chi connectivity index (χ3n) is 8.35. The minimum Gasteiger partial charge on any atom is -0.378 e. The van der Waals surface area contributed by atoms with Crippen molar-refractivity contribution in [1.29, 1.82) is 0 Å². The standard InChI is InChI=1S/C30H42N4O3S/c35-26(21-31-18-8-3-9-20-37-24-15-6-2-7-16-24)33-19-17-25-27(30(33)38)29(36)34(23-13-4-1-5-14-23)28(32-25)22-11-10-12-22/h1,4-5,13-14,22,24,30-31,38H,2-3,6-12,15-21H2. The van der Waals surface area contributed by atoms with Gasteiger partial charge in [0.25, 0.3) is 5.56 Å². The molecule has 7 nitrogen and oxygen atoms in total. The Hall–Kier alpha value is -2.16. The van der Waals surface area contributed by atoms with Crippen LogP contribution in [0.3, 0.4) is 0 Å². The summed E-state index contributed by atoms with van der Waals surface area (Å²) in [5.74, 6) is 1.15. The van der Waals surface area contributed by atoms with Gasteiger partial charge in [-0.15, -0.1) is 12.6 Å². The van der Waals surface area contributed by atoms with Gasteiger partial charge >= 0.3 is 0 Å². The SMILES string of the molecule is O=C(CNCCCCCOC1CCCCC1)N1CCc2nc(C3CCC3)n(-c3ccccc3)c(=O)c2C1S. The number of unbranched alkanes of at least 4 members (excludes halogenated alkanes) is 2. The Morgan fingerprint density at radius 3 is 2.55 bits per heavy atom. The summed E-state index contributed by atoms with van der Waals surface area (Å²) in [6.45, 7) is 2.43. The molecule has 1 amide bonds. The summed E-state index contributed by atoms with van der Waals surface area (Å²) in [6, 6.07) is 9.72. The van der Waals surface area contributed by atoms with Crippen LogP contribution in [0, 0.1) is 0 Å². The quantitative estimate of drug-likeness (QED) is 0.314. The number of carbonyl (C=O) groups is 1. The van der Waals surface area contributed by atoms with Gasteiger partial charge in [-0.3, -0.25) is 14.2 Å². The van der Waals surface area contributed by atoms with E-state index >= 15 is 0 Å². The fourth-order valence-corrected chi connectivity index (χ4v) is 6.39. The predicted molar refractivity (Wildman–Crippen MR) is 153 cm³/mol. The molecule has 0 radical (unpaired) electrons. The monoisotopic (exact) mass is 538 g/mol. The van der Waals surface area contributed by atoms with E-state index in [0.29, 0.717) is 30.6 Å². The number of amides is 1. The number of hydrogen-bond donors (Lipinski definition) is 2. The maximum Gasteiger partial charge on any atom is 0.264 e. The van der Waals surface area contributed by atoms with Crippen molar-refractivity contribution in [3.05, 3.63) is 57.8 Å². The molecular weight excluding hydrogens is 496 g/mol. The average Bonchev–Trinajstić information content (AvgIpc) is 2.90. The van der Waals surface area contributed by atoms with Crippen molar-refractivity contribution in [2.24, 2.45) is 0 Å². The number of para-hydroxylation sites is 1. The van der Waals surface area contributed by atoms with Gasteiger partial charge in [-0.25, -0.2) is 4.98 Å². The van der Waals surface area contributed by atoms with Crippen molar-refractivity contribution >= 4 is 18.5 Å². The number of benzene rings is 1. The van der Waals surface area contributed by atoms with E-state index in [1.165, 1.54) is 38.5 Å². The highest BCUT2D eigenvalue weighted by atomic mass is 32.1. The zero-order chi connectivity index (χ0) is 26.3. The molecule has 1 aliphatic heterocycles. The number of fused-ring (bicyclic) bond motifs is 1. The van der Waals surface area contributed by atoms with Gasteiger partial charge in [-0.1, -0.05) is 43.9 Å². The first-order valence-electron chi connectivity index (χ1n) is 14.6. The molecule has 2 aromatic rings. The van der Waals surface area contributed by atoms with Crippen LogP contribution < -0.4 is 10.9 Å². The van der Waals surface area contributed by atoms with E-state index < -0.39 is 5.37 Å². The second kappa shape index (κ2) is 13.3. The smallest absolute Gasteiger partial charge is 0.264 e. The summed E-state index contributed by atoms with van der Waals surface area (Å²) >= 11 is 4.78. The lowest BCUT2D eigenvalue weighted by molar-refractivity contribution is -0.131. The molecule has 1 N–H and O–H groups in total. The molecule has 38 heavy (non-hydrogen) atoms. The molecule has 8 heteroatoms. The zero-order valence-corrected chi connectivity index (χ0v) is 23.3. The van der Waals surface area contributed by atoms with Gasteiger partial charge in [0.2, 0.25) is 5.91 Å². The van der Waals surface area contributed by atoms with Gasteiger partial charge in [0.15, 0.2) is 0 Å². The average molecular weight is 539 g/mol. The van der Waals surface area contributed by atoms with E-state index in [0.717, 1.165) is 62.5 Å². The number of rotatable bonds is 11. The summed E-state index contributed by atoms with van der Waals surface area (Å²) in [5, 5.41) is 2.71. The molecule has 2 heterocycles. The maximum absolute atomic E-state index is 13.9. The van der Waals surface area contributed by atoms with Gasteiger partial charge in [0.1, 0.15) is 11.2 Å². The summed E-state index contributed by atoms with van der Waals surface area (Å²) in [7, 11) is 0. The third-order valence-corrected chi connectivity index (χ3v) is 8.89. The Morgan fingerprint density at radius 2 is 1.82 bits per heavy atom. The molecule has 2 aliphatic carbocycles. The molecule has 0 saturated heterocycles. The van der Waals surface area contributed by atoms with Gasteiger partial charge in [-0.2, -0.15) is 0 Å². The van der Waals surface area contributed by atoms with Gasteiger partial charge in [0, 0.05) is 25.5 Å². The number of aromatic nitrogens is 2. The summed E-state index contributed by atoms with van der Waals surface area (Å²) in [6.07, 6.45) is 13.9. The Balaban J connectivity index is 1.15. The van der Waals surface area contributed by atoms with E-state index in [4.69, 9.17) is 22.3 Å². The highest BCUT2D eigenvalue weighted by Gasteiger charge is 2.35. The van der Waals surface area contributed by atoms with Crippen LogP contribution in [0.5, 0.6) is 0 Å². The van der Waals surface area contributed by atoms with Gasteiger partial charge in [0.05, 0.1) is 29.6 Å². The summed E-state index contributed by atoms with van der Waals surface area (Å²) in [4.78, 5) is 33.7. The number of nitrogens with zero attached hydrogens (tertiary/aromatic N) is 3. The molecule has 0 bridgehead atoms. The van der Waals surface area contributed by atoms with E-state index in [-0.39, 0.29) is 18.0 Å². The molecule has 1 atom stereocenters. The lowest BCUT2D eigenvalue weighted by Crippen LogP contribution is -2.46. The maximum atomic E-state index is 13.9. The number of nitrogens with one attached hydrogen (secondary N) is 1. The van der Waals surface area contributed by atoms with Gasteiger partial charge < -0.3 is 15.0 Å². The summed E-state index contributed by atoms with van der Waals surface area (Å²) in [5.41, 5.74) is 2.07. The van der Waals surface area contributed by atoms with Crippen LogP contribution in [-0.4, -0.2) is 52.7 Å². The molecule has 206 valence electrons. The number of thiol groups is 1. The topological polar surface area (TPSA) is 76.5 Å². The number of carbonyl (C=O) groups excluding carboxylic acids is 1. The van der Waals surface area contributed by atoms with E-state index in [1.54, 1.807) is 9.47 Å². The second-order valence-electron chi connectivity index (χ2n) is 11.0. The van der Waals surface area contributed by atoms with Crippen LogP contribution in [-0.2, 0) is 16.0 Å². The van der Waals surface area contributed by atoms with Crippen LogP contribution in [0.1, 0.15) is 99.0 Å². The first-order chi connectivity index (χ1) is 18.6. The van der Waals surface area contributed by atoms with Crippen molar-refractivity contribution in [3.63, 3.8) is 0 Å². The second-order valence-corrected chi connectivity index (χ2v) is 11.5. The molecule has 5 rings (SSSR count).